The molecule has 0 aliphatic carbocycles. The zero-order chi connectivity index (χ0) is 19.5. The molecule has 1 atom stereocenters. The van der Waals surface area contributed by atoms with Crippen LogP contribution in [0.2, 0.25) is 0 Å². The summed E-state index contributed by atoms with van der Waals surface area (Å²) in [6, 6.07) is 11.6. The molecule has 2 aromatic carbocycles. The Hall–Kier alpha value is -2.83. The van der Waals surface area contributed by atoms with Crippen molar-refractivity contribution in [2.24, 2.45) is 0 Å². The van der Waals surface area contributed by atoms with Gasteiger partial charge in [-0.25, -0.2) is 0 Å². The van der Waals surface area contributed by atoms with Crippen LogP contribution in [0, 0.1) is 0 Å². The third-order valence-corrected chi connectivity index (χ3v) is 5.00. The van der Waals surface area contributed by atoms with E-state index in [9.17, 15) is 13.6 Å². The largest absolute Gasteiger partial charge is 0.490 e. The highest BCUT2D eigenvalue weighted by Crippen LogP contribution is 2.38. The van der Waals surface area contributed by atoms with Crippen molar-refractivity contribution in [1.29, 1.82) is 0 Å². The zero-order valence-electron chi connectivity index (χ0n) is 15.3. The minimum atomic E-state index is -2.89. The van der Waals surface area contributed by atoms with Crippen molar-refractivity contribution in [3.63, 3.8) is 0 Å². The maximum atomic E-state index is 13.0. The molecule has 0 unspecified atom stereocenters. The number of carbonyl (C=O) groups is 1. The van der Waals surface area contributed by atoms with Gasteiger partial charge in [0.15, 0.2) is 11.5 Å². The molecular formula is C21H21F2NO4. The van der Waals surface area contributed by atoms with E-state index in [2.05, 4.69) is 4.74 Å². The maximum Gasteiger partial charge on any atom is 0.387 e. The fourth-order valence-corrected chi connectivity index (χ4v) is 3.69. The van der Waals surface area contributed by atoms with E-state index in [1.807, 2.05) is 23.1 Å². The van der Waals surface area contributed by atoms with Gasteiger partial charge in [-0.15, -0.1) is 0 Å². The van der Waals surface area contributed by atoms with Crippen LogP contribution >= 0.6 is 0 Å². The van der Waals surface area contributed by atoms with Crippen LogP contribution in [0.4, 0.5) is 8.78 Å². The van der Waals surface area contributed by atoms with Gasteiger partial charge >= 0.3 is 6.61 Å². The molecule has 0 spiro atoms. The van der Waals surface area contributed by atoms with Gasteiger partial charge in [-0.3, -0.25) is 4.79 Å². The van der Waals surface area contributed by atoms with Gasteiger partial charge in [-0.1, -0.05) is 6.07 Å². The van der Waals surface area contributed by atoms with Crippen LogP contribution in [0.3, 0.4) is 0 Å². The molecular weight excluding hydrogens is 368 g/mol. The second-order valence-electron chi connectivity index (χ2n) is 6.82. The average Bonchev–Trinajstić information content (AvgIpc) is 3.06. The van der Waals surface area contributed by atoms with Gasteiger partial charge in [-0.2, -0.15) is 8.78 Å². The molecule has 2 aliphatic rings. The quantitative estimate of drug-likeness (QED) is 0.776. The van der Waals surface area contributed by atoms with Crippen LogP contribution in [0.25, 0.3) is 0 Å². The first-order chi connectivity index (χ1) is 13.6. The Morgan fingerprint density at radius 2 is 1.79 bits per heavy atom. The van der Waals surface area contributed by atoms with Gasteiger partial charge in [0.25, 0.3) is 5.91 Å². The lowest BCUT2D eigenvalue weighted by molar-refractivity contribution is -0.0498. The van der Waals surface area contributed by atoms with E-state index in [0.717, 1.165) is 30.6 Å². The number of amides is 1. The Morgan fingerprint density at radius 1 is 1.04 bits per heavy atom. The molecule has 0 aromatic heterocycles. The Balaban J connectivity index is 1.53. The number of carbonyl (C=O) groups excluding carboxylic acids is 1. The Kier molecular flexibility index (Phi) is 5.32. The number of fused-ring (bicyclic) bond motifs is 1. The summed E-state index contributed by atoms with van der Waals surface area (Å²) < 4.78 is 40.4. The van der Waals surface area contributed by atoms with E-state index in [0.29, 0.717) is 31.1 Å². The normalized spacial score (nSPS) is 18.8. The van der Waals surface area contributed by atoms with Crippen molar-refractivity contribution >= 4 is 5.91 Å². The van der Waals surface area contributed by atoms with Gasteiger partial charge in [-0.05, 0) is 54.8 Å². The number of halogens is 2. The predicted octanol–water partition coefficient (Wildman–Crippen LogP) is 4.43. The van der Waals surface area contributed by atoms with E-state index in [4.69, 9.17) is 9.47 Å². The first-order valence-corrected chi connectivity index (χ1v) is 9.37. The number of hydrogen-bond acceptors (Lipinski definition) is 4. The molecule has 148 valence electrons. The first-order valence-electron chi connectivity index (χ1n) is 9.37. The molecule has 1 amide bonds. The number of nitrogens with zero attached hydrogens (tertiary/aromatic N) is 1. The van der Waals surface area contributed by atoms with Gasteiger partial charge in [0, 0.05) is 18.5 Å². The summed E-state index contributed by atoms with van der Waals surface area (Å²) in [6.45, 7) is -1.00. The summed E-state index contributed by atoms with van der Waals surface area (Å²) in [7, 11) is 0. The van der Waals surface area contributed by atoms with E-state index in [-0.39, 0.29) is 17.7 Å². The fourth-order valence-electron chi connectivity index (χ4n) is 3.69. The van der Waals surface area contributed by atoms with Crippen LogP contribution < -0.4 is 14.2 Å². The molecule has 0 N–H and O–H groups in total. The number of benzene rings is 2. The van der Waals surface area contributed by atoms with Gasteiger partial charge in [0.05, 0.1) is 19.3 Å². The number of rotatable bonds is 4. The Labute approximate surface area is 161 Å². The standard InChI is InChI=1S/C21H21F2NO4/c22-21(23)28-16-7-4-14(5-8-16)20(25)24-10-1-3-17(24)15-6-9-18-19(13-15)27-12-2-11-26-18/h4-9,13,17,21H,1-3,10-12H2/t17-/m1/s1. The lowest BCUT2D eigenvalue weighted by atomic mass is 10.0. The lowest BCUT2D eigenvalue weighted by Crippen LogP contribution is -2.30. The van der Waals surface area contributed by atoms with Crippen molar-refractivity contribution in [1.82, 2.24) is 4.90 Å². The predicted molar refractivity (Wildman–Crippen MR) is 98.1 cm³/mol. The third kappa shape index (κ3) is 3.88. The SMILES string of the molecule is O=C(c1ccc(OC(F)F)cc1)N1CCC[C@@H]1c1ccc2c(c1)OCCCO2. The van der Waals surface area contributed by atoms with Crippen molar-refractivity contribution in [2.75, 3.05) is 19.8 Å². The molecule has 1 saturated heterocycles. The van der Waals surface area contributed by atoms with E-state index in [1.54, 1.807) is 0 Å². The van der Waals surface area contributed by atoms with Crippen LogP contribution in [-0.4, -0.2) is 37.2 Å². The highest BCUT2D eigenvalue weighted by Gasteiger charge is 2.31. The Morgan fingerprint density at radius 3 is 2.54 bits per heavy atom. The summed E-state index contributed by atoms with van der Waals surface area (Å²) in [5.41, 5.74) is 1.45. The molecule has 2 aromatic rings. The van der Waals surface area contributed by atoms with Crippen molar-refractivity contribution in [3.8, 4) is 17.2 Å². The number of alkyl halides is 2. The molecule has 2 aliphatic heterocycles. The molecule has 1 fully saturated rings. The van der Waals surface area contributed by atoms with Crippen LogP contribution in [0.1, 0.15) is 41.2 Å². The summed E-state index contributed by atoms with van der Waals surface area (Å²) in [5, 5.41) is 0. The number of likely N-dealkylation sites (tertiary alicyclic amines) is 1. The van der Waals surface area contributed by atoms with Crippen LogP contribution in [0.5, 0.6) is 17.2 Å². The topological polar surface area (TPSA) is 48.0 Å². The van der Waals surface area contributed by atoms with Crippen molar-refractivity contribution in [2.45, 2.75) is 31.9 Å². The highest BCUT2D eigenvalue weighted by molar-refractivity contribution is 5.94. The molecule has 0 saturated carbocycles. The second-order valence-corrected chi connectivity index (χ2v) is 6.82. The van der Waals surface area contributed by atoms with E-state index in [1.165, 1.54) is 24.3 Å². The summed E-state index contributed by atoms with van der Waals surface area (Å²) >= 11 is 0. The molecule has 4 rings (SSSR count). The second kappa shape index (κ2) is 8.04. The highest BCUT2D eigenvalue weighted by atomic mass is 19.3. The Bertz CT molecular complexity index is 841. The molecule has 5 nitrogen and oxygen atoms in total. The minimum absolute atomic E-state index is 0.0347. The summed E-state index contributed by atoms with van der Waals surface area (Å²) in [5.74, 6) is 1.35. The number of ether oxygens (including phenoxy) is 3. The average molecular weight is 389 g/mol. The van der Waals surface area contributed by atoms with Gasteiger partial charge in [0.2, 0.25) is 0 Å². The maximum absolute atomic E-state index is 13.0. The fraction of sp³-hybridized carbons (Fsp3) is 0.381. The van der Waals surface area contributed by atoms with Crippen LogP contribution in [-0.2, 0) is 0 Å². The van der Waals surface area contributed by atoms with Crippen molar-refractivity contribution < 1.29 is 27.8 Å². The van der Waals surface area contributed by atoms with Gasteiger partial charge < -0.3 is 19.1 Å². The molecule has 28 heavy (non-hydrogen) atoms. The van der Waals surface area contributed by atoms with Crippen LogP contribution in [0.15, 0.2) is 42.5 Å². The third-order valence-electron chi connectivity index (χ3n) is 5.00. The monoisotopic (exact) mass is 389 g/mol. The molecule has 0 radical (unpaired) electrons. The van der Waals surface area contributed by atoms with Crippen molar-refractivity contribution in [3.05, 3.63) is 53.6 Å². The first kappa shape index (κ1) is 18.5. The zero-order valence-corrected chi connectivity index (χ0v) is 15.3. The van der Waals surface area contributed by atoms with E-state index >= 15 is 0 Å². The molecule has 2 heterocycles. The lowest BCUT2D eigenvalue weighted by Gasteiger charge is -2.26. The summed E-state index contributed by atoms with van der Waals surface area (Å²) in [4.78, 5) is 14.8. The van der Waals surface area contributed by atoms with Gasteiger partial charge in [0.1, 0.15) is 5.75 Å². The van der Waals surface area contributed by atoms with E-state index < -0.39 is 6.61 Å². The number of hydrogen-bond donors (Lipinski definition) is 0. The minimum Gasteiger partial charge on any atom is -0.490 e. The molecule has 7 heteroatoms. The molecule has 0 bridgehead atoms. The smallest absolute Gasteiger partial charge is 0.387 e. The summed E-state index contributed by atoms with van der Waals surface area (Å²) in [6.07, 6.45) is 2.60.